The molecule has 25 heavy (non-hydrogen) atoms. The van der Waals surface area contributed by atoms with E-state index in [-0.39, 0.29) is 13.0 Å². The van der Waals surface area contributed by atoms with Gasteiger partial charge in [0.2, 0.25) is 0 Å². The molecule has 0 saturated heterocycles. The number of benzene rings is 2. The first-order valence-corrected chi connectivity index (χ1v) is 8.83. The molecule has 0 spiro atoms. The number of hydrogen-bond donors (Lipinski definition) is 1. The Morgan fingerprint density at radius 2 is 1.96 bits per heavy atom. The van der Waals surface area contributed by atoms with Gasteiger partial charge in [-0.25, -0.2) is 4.98 Å². The Kier molecular flexibility index (Phi) is 5.53. The number of rotatable bonds is 5. The number of carbonyl (C=O) groups excluding carboxylic acids is 2. The molecule has 1 N–H and O–H groups in total. The van der Waals surface area contributed by atoms with E-state index in [2.05, 4.69) is 10.3 Å². The quantitative estimate of drug-likeness (QED) is 0.653. The van der Waals surface area contributed by atoms with Crippen molar-refractivity contribution in [2.45, 2.75) is 6.42 Å². The van der Waals surface area contributed by atoms with Crippen LogP contribution in [-0.4, -0.2) is 23.5 Å². The molecule has 1 heterocycles. The van der Waals surface area contributed by atoms with Gasteiger partial charge in [0.1, 0.15) is 0 Å². The standard InChI is InChI=1S/C17H12Cl2N2O3S/c18-11-6-5-10(12(19)8-11)7-16(23)24-9-15(22)21-17-20-13-3-1-2-4-14(13)25-17/h1-6,8H,7,9H2,(H,20,21,22). The second-order valence-corrected chi connectivity index (χ2v) is 6.98. The average molecular weight is 395 g/mol. The molecule has 8 heteroatoms. The van der Waals surface area contributed by atoms with Gasteiger partial charge in [0.05, 0.1) is 16.6 Å². The molecule has 1 aromatic heterocycles. The molecule has 2 aromatic carbocycles. The molecule has 5 nitrogen and oxygen atoms in total. The highest BCUT2D eigenvalue weighted by molar-refractivity contribution is 7.22. The fourth-order valence-corrected chi connectivity index (χ4v) is 3.46. The topological polar surface area (TPSA) is 68.3 Å². The number of anilines is 1. The highest BCUT2D eigenvalue weighted by atomic mass is 35.5. The largest absolute Gasteiger partial charge is 0.455 e. The summed E-state index contributed by atoms with van der Waals surface area (Å²) < 4.78 is 5.94. The van der Waals surface area contributed by atoms with Crippen LogP contribution in [0.15, 0.2) is 42.5 Å². The van der Waals surface area contributed by atoms with Crippen LogP contribution in [-0.2, 0) is 20.7 Å². The summed E-state index contributed by atoms with van der Waals surface area (Å²) in [5.74, 6) is -1.00. The zero-order valence-corrected chi connectivity index (χ0v) is 15.1. The molecular formula is C17H12Cl2N2O3S. The molecule has 3 aromatic rings. The number of nitrogens with one attached hydrogen (secondary N) is 1. The number of halogens is 2. The van der Waals surface area contributed by atoms with Crippen molar-refractivity contribution in [1.82, 2.24) is 4.98 Å². The van der Waals surface area contributed by atoms with Crippen molar-refractivity contribution in [3.05, 3.63) is 58.1 Å². The summed E-state index contributed by atoms with van der Waals surface area (Å²) in [7, 11) is 0. The maximum absolute atomic E-state index is 11.9. The van der Waals surface area contributed by atoms with E-state index in [1.807, 2.05) is 24.3 Å². The first-order chi connectivity index (χ1) is 12.0. The minimum absolute atomic E-state index is 0.0373. The summed E-state index contributed by atoms with van der Waals surface area (Å²) in [5.41, 5.74) is 1.39. The Morgan fingerprint density at radius 3 is 2.72 bits per heavy atom. The Balaban J connectivity index is 1.52. The molecule has 0 radical (unpaired) electrons. The molecule has 0 aliphatic heterocycles. The molecule has 1 amide bonds. The fourth-order valence-electron chi connectivity index (χ4n) is 2.10. The molecule has 0 bridgehead atoms. The Bertz CT molecular complexity index is 910. The van der Waals surface area contributed by atoms with Crippen molar-refractivity contribution in [3.63, 3.8) is 0 Å². The third-order valence-electron chi connectivity index (χ3n) is 3.25. The van der Waals surface area contributed by atoms with E-state index in [0.717, 1.165) is 10.2 Å². The monoisotopic (exact) mass is 394 g/mol. The molecule has 0 saturated carbocycles. The highest BCUT2D eigenvalue weighted by Crippen LogP contribution is 2.25. The summed E-state index contributed by atoms with van der Waals surface area (Å²) in [6.45, 7) is -0.389. The van der Waals surface area contributed by atoms with E-state index in [4.69, 9.17) is 27.9 Å². The predicted octanol–water partition coefficient (Wildman–Crippen LogP) is 4.33. The van der Waals surface area contributed by atoms with Crippen LogP contribution in [0.2, 0.25) is 10.0 Å². The van der Waals surface area contributed by atoms with Crippen molar-refractivity contribution in [2.24, 2.45) is 0 Å². The number of para-hydroxylation sites is 1. The highest BCUT2D eigenvalue weighted by Gasteiger charge is 2.12. The molecule has 0 fully saturated rings. The van der Waals surface area contributed by atoms with Gasteiger partial charge in [0.25, 0.3) is 5.91 Å². The van der Waals surface area contributed by atoms with Crippen LogP contribution in [0, 0.1) is 0 Å². The van der Waals surface area contributed by atoms with Crippen LogP contribution >= 0.6 is 34.5 Å². The van der Waals surface area contributed by atoms with Gasteiger partial charge in [0.15, 0.2) is 11.7 Å². The van der Waals surface area contributed by atoms with Gasteiger partial charge in [-0.1, -0.05) is 52.7 Å². The van der Waals surface area contributed by atoms with Gasteiger partial charge in [-0.15, -0.1) is 0 Å². The second kappa shape index (κ2) is 7.82. The van der Waals surface area contributed by atoms with Crippen LogP contribution in [0.25, 0.3) is 10.2 Å². The average Bonchev–Trinajstić information content (AvgIpc) is 2.97. The van der Waals surface area contributed by atoms with Crippen molar-refractivity contribution in [2.75, 3.05) is 11.9 Å². The van der Waals surface area contributed by atoms with Crippen LogP contribution < -0.4 is 5.32 Å². The summed E-state index contributed by atoms with van der Waals surface area (Å²) in [6, 6.07) is 12.4. The van der Waals surface area contributed by atoms with E-state index in [1.54, 1.807) is 18.2 Å². The lowest BCUT2D eigenvalue weighted by molar-refractivity contribution is -0.146. The van der Waals surface area contributed by atoms with Crippen molar-refractivity contribution >= 4 is 61.8 Å². The number of carbonyl (C=O) groups is 2. The first kappa shape index (κ1) is 17.7. The van der Waals surface area contributed by atoms with Gasteiger partial charge in [-0.3, -0.25) is 14.9 Å². The van der Waals surface area contributed by atoms with E-state index in [0.29, 0.717) is 20.7 Å². The van der Waals surface area contributed by atoms with E-state index < -0.39 is 11.9 Å². The zero-order valence-electron chi connectivity index (χ0n) is 12.8. The number of thiazole rings is 1. The lowest BCUT2D eigenvalue weighted by atomic mass is 10.1. The van der Waals surface area contributed by atoms with Crippen molar-refractivity contribution < 1.29 is 14.3 Å². The lowest BCUT2D eigenvalue weighted by Crippen LogP contribution is -2.21. The van der Waals surface area contributed by atoms with Crippen LogP contribution in [0.5, 0.6) is 0 Å². The van der Waals surface area contributed by atoms with Gasteiger partial charge >= 0.3 is 5.97 Å². The minimum atomic E-state index is -0.552. The van der Waals surface area contributed by atoms with Gasteiger partial charge < -0.3 is 4.74 Å². The number of esters is 1. The number of amides is 1. The maximum Gasteiger partial charge on any atom is 0.310 e. The Morgan fingerprint density at radius 1 is 1.16 bits per heavy atom. The number of ether oxygens (including phenoxy) is 1. The summed E-state index contributed by atoms with van der Waals surface area (Å²) in [4.78, 5) is 28.0. The molecule has 0 aliphatic carbocycles. The van der Waals surface area contributed by atoms with Crippen molar-refractivity contribution in [1.29, 1.82) is 0 Å². The van der Waals surface area contributed by atoms with E-state index >= 15 is 0 Å². The van der Waals surface area contributed by atoms with E-state index in [9.17, 15) is 9.59 Å². The minimum Gasteiger partial charge on any atom is -0.455 e. The van der Waals surface area contributed by atoms with Crippen molar-refractivity contribution in [3.8, 4) is 0 Å². The maximum atomic E-state index is 11.9. The molecule has 128 valence electrons. The molecular weight excluding hydrogens is 383 g/mol. The molecule has 0 atom stereocenters. The normalized spacial score (nSPS) is 10.6. The number of hydrogen-bond acceptors (Lipinski definition) is 5. The Labute approximate surface area is 157 Å². The summed E-state index contributed by atoms with van der Waals surface area (Å²) >= 11 is 13.2. The molecule has 0 aliphatic rings. The van der Waals surface area contributed by atoms with Gasteiger partial charge in [0, 0.05) is 10.0 Å². The van der Waals surface area contributed by atoms with Gasteiger partial charge in [-0.05, 0) is 29.8 Å². The predicted molar refractivity (Wildman–Crippen MR) is 99.4 cm³/mol. The summed E-state index contributed by atoms with van der Waals surface area (Å²) in [5, 5.41) is 3.94. The van der Waals surface area contributed by atoms with Crippen LogP contribution in [0.1, 0.15) is 5.56 Å². The number of aromatic nitrogens is 1. The van der Waals surface area contributed by atoms with Crippen LogP contribution in [0.4, 0.5) is 5.13 Å². The van der Waals surface area contributed by atoms with Crippen LogP contribution in [0.3, 0.4) is 0 Å². The Hall–Kier alpha value is -2.15. The zero-order chi connectivity index (χ0) is 17.8. The third kappa shape index (κ3) is 4.69. The molecule has 0 unspecified atom stereocenters. The lowest BCUT2D eigenvalue weighted by Gasteiger charge is -2.06. The molecule has 3 rings (SSSR count). The SMILES string of the molecule is O=C(COC(=O)Cc1ccc(Cl)cc1Cl)Nc1nc2ccccc2s1. The van der Waals surface area contributed by atoms with Gasteiger partial charge in [-0.2, -0.15) is 0 Å². The smallest absolute Gasteiger partial charge is 0.310 e. The second-order valence-electron chi connectivity index (χ2n) is 5.11. The first-order valence-electron chi connectivity index (χ1n) is 7.26. The third-order valence-corrected chi connectivity index (χ3v) is 4.79. The fraction of sp³-hybridized carbons (Fsp3) is 0.118. The van der Waals surface area contributed by atoms with E-state index in [1.165, 1.54) is 11.3 Å². The summed E-state index contributed by atoms with van der Waals surface area (Å²) in [6.07, 6.45) is -0.0373. The number of nitrogens with zero attached hydrogens (tertiary/aromatic N) is 1. The number of fused-ring (bicyclic) bond motifs is 1.